The minimum Gasteiger partial charge on any atom is -0.0613 e. The van der Waals surface area contributed by atoms with Gasteiger partial charge in [-0.3, -0.25) is 0 Å². The molecular weight excluding hydrogens is 747 g/mol. The summed E-state index contributed by atoms with van der Waals surface area (Å²) in [4.78, 5) is 0. The van der Waals surface area contributed by atoms with Crippen LogP contribution in [0.4, 0.5) is 0 Å². The van der Waals surface area contributed by atoms with Gasteiger partial charge in [-0.1, -0.05) is 224 Å². The van der Waals surface area contributed by atoms with Crippen LogP contribution in [0.1, 0.15) is 197 Å². The van der Waals surface area contributed by atoms with Gasteiger partial charge < -0.3 is 0 Å². The van der Waals surface area contributed by atoms with Crippen molar-refractivity contribution >= 4 is 37.1 Å². The number of hydrogen-bond donors (Lipinski definition) is 0. The van der Waals surface area contributed by atoms with Crippen LogP contribution in [-0.2, 0) is 37.9 Å². The van der Waals surface area contributed by atoms with Crippen LogP contribution in [0.3, 0.4) is 0 Å². The van der Waals surface area contributed by atoms with E-state index in [4.69, 9.17) is 0 Å². The standard InChI is InChI=1S/C57H84P2/c1-50(2,3)39-23-22-24-46(30-39)58(47-31-40(51(4,5)6)27-41(32-47)52(7,8)9)37-57(25-26-57)38-59(48-33-42(53(10,11)12)28-43(34-48)54(13,14)15)49-35-44(55(16,17)18)29-45(36-49)56(19,20)21/h22-24,27-36H,25-26,37-38H2,1-21H3. The fourth-order valence-electron chi connectivity index (χ4n) is 7.92. The maximum absolute atomic E-state index is 2.63. The first-order chi connectivity index (χ1) is 26.6. The lowest BCUT2D eigenvalue weighted by Gasteiger charge is -2.34. The molecule has 0 aliphatic heterocycles. The van der Waals surface area contributed by atoms with Gasteiger partial charge in [0.15, 0.2) is 0 Å². The lowest BCUT2D eigenvalue weighted by molar-refractivity contribution is 0.569. The summed E-state index contributed by atoms with van der Waals surface area (Å²) in [6.07, 6.45) is 5.09. The number of hydrogen-bond acceptors (Lipinski definition) is 0. The normalized spacial score (nSPS) is 16.1. The zero-order valence-corrected chi connectivity index (χ0v) is 43.5. The van der Waals surface area contributed by atoms with Crippen LogP contribution in [0.5, 0.6) is 0 Å². The molecule has 2 heteroatoms. The molecule has 1 atom stereocenters. The Hall–Kier alpha value is -2.26. The average Bonchev–Trinajstić information content (AvgIpc) is 3.85. The maximum atomic E-state index is 2.63. The van der Waals surface area contributed by atoms with E-state index in [0.29, 0.717) is 0 Å². The summed E-state index contributed by atoms with van der Waals surface area (Å²) in [5.41, 5.74) is 11.0. The summed E-state index contributed by atoms with van der Waals surface area (Å²) >= 11 is 0. The second kappa shape index (κ2) is 16.1. The molecule has 1 aliphatic rings. The smallest absolute Gasteiger partial charge is 0.0132 e. The summed E-state index contributed by atoms with van der Waals surface area (Å²) in [5.74, 6) is 0. The third-order valence-electron chi connectivity index (χ3n) is 12.9. The molecule has 0 saturated heterocycles. The zero-order valence-electron chi connectivity index (χ0n) is 41.7. The van der Waals surface area contributed by atoms with Gasteiger partial charge in [-0.15, -0.1) is 0 Å². The van der Waals surface area contributed by atoms with Crippen LogP contribution in [0, 0.1) is 5.41 Å². The topological polar surface area (TPSA) is 0 Å². The van der Waals surface area contributed by atoms with Gasteiger partial charge in [0.25, 0.3) is 0 Å². The maximum Gasteiger partial charge on any atom is -0.0132 e. The third-order valence-corrected chi connectivity index (χ3v) is 18.4. The molecule has 322 valence electrons. The quantitative estimate of drug-likeness (QED) is 0.155. The van der Waals surface area contributed by atoms with Gasteiger partial charge in [0.05, 0.1) is 0 Å². The van der Waals surface area contributed by atoms with E-state index in [1.807, 2.05) is 0 Å². The highest BCUT2D eigenvalue weighted by Gasteiger charge is 2.47. The molecule has 0 N–H and O–H groups in total. The van der Waals surface area contributed by atoms with E-state index in [1.54, 1.807) is 21.2 Å². The first-order valence-corrected chi connectivity index (χ1v) is 25.8. The second-order valence-electron chi connectivity index (χ2n) is 25.8. The van der Waals surface area contributed by atoms with Crippen LogP contribution in [-0.4, -0.2) is 12.3 Å². The minimum atomic E-state index is -0.662. The number of rotatable bonds is 8. The van der Waals surface area contributed by atoms with E-state index in [9.17, 15) is 0 Å². The lowest BCUT2D eigenvalue weighted by atomic mass is 9.81. The molecule has 5 rings (SSSR count). The van der Waals surface area contributed by atoms with Crippen molar-refractivity contribution in [3.63, 3.8) is 0 Å². The molecule has 4 aromatic rings. The van der Waals surface area contributed by atoms with Crippen molar-refractivity contribution < 1.29 is 0 Å². The highest BCUT2D eigenvalue weighted by molar-refractivity contribution is 7.74. The van der Waals surface area contributed by atoms with Crippen molar-refractivity contribution in [2.45, 2.75) is 196 Å². The van der Waals surface area contributed by atoms with Gasteiger partial charge in [-0.2, -0.15) is 0 Å². The SMILES string of the molecule is CC(C)(C)c1cccc(P(CC2(CP(c3cc(C(C)(C)C)cc(C(C)(C)C)c3)c3cc(C(C)(C)C)cc(C(C)(C)C)c3)CC2)c2cc(C(C)(C)C)cc(C(C)(C)C)c2)c1. The molecule has 1 saturated carbocycles. The Bertz CT molecular complexity index is 1940. The molecule has 0 nitrogen and oxygen atoms in total. The fraction of sp³-hybridized carbons (Fsp3) is 0.579. The molecule has 4 aromatic carbocycles. The molecule has 59 heavy (non-hydrogen) atoms. The molecule has 1 fully saturated rings. The summed E-state index contributed by atoms with van der Waals surface area (Å²) in [6.45, 7) is 50.3. The van der Waals surface area contributed by atoms with Crippen molar-refractivity contribution in [1.29, 1.82) is 0 Å². The van der Waals surface area contributed by atoms with E-state index < -0.39 is 15.8 Å². The summed E-state index contributed by atoms with van der Waals surface area (Å²) in [7, 11) is -1.29. The van der Waals surface area contributed by atoms with E-state index in [-0.39, 0.29) is 43.3 Å². The molecule has 0 spiro atoms. The van der Waals surface area contributed by atoms with Gasteiger partial charge >= 0.3 is 0 Å². The molecule has 0 aromatic heterocycles. The Morgan fingerprint density at radius 2 is 0.559 bits per heavy atom. The Labute approximate surface area is 367 Å². The van der Waals surface area contributed by atoms with Gasteiger partial charge in [-0.05, 0) is 144 Å². The summed E-state index contributed by atoms with van der Waals surface area (Å²) < 4.78 is 0. The third kappa shape index (κ3) is 11.8. The first kappa shape index (κ1) is 47.8. The van der Waals surface area contributed by atoms with Crippen molar-refractivity contribution in [2.24, 2.45) is 5.41 Å². The largest absolute Gasteiger partial charge is 0.0613 e. The van der Waals surface area contributed by atoms with E-state index in [0.717, 1.165) is 0 Å². The Balaban J connectivity index is 1.78. The first-order valence-electron chi connectivity index (χ1n) is 22.7. The molecule has 0 radical (unpaired) electrons. The Morgan fingerprint density at radius 1 is 0.322 bits per heavy atom. The molecular formula is C57H84P2. The molecule has 0 heterocycles. The molecule has 0 amide bonds. The Kier molecular flexibility index (Phi) is 13.1. The van der Waals surface area contributed by atoms with Crippen LogP contribution in [0.2, 0.25) is 0 Å². The highest BCUT2D eigenvalue weighted by Crippen LogP contribution is 2.60. The fourth-order valence-corrected chi connectivity index (χ4v) is 13.9. The summed E-state index contributed by atoms with van der Waals surface area (Å²) in [5, 5.41) is 6.24. The van der Waals surface area contributed by atoms with Crippen LogP contribution in [0.25, 0.3) is 0 Å². The summed E-state index contributed by atoms with van der Waals surface area (Å²) in [6, 6.07) is 33.1. The van der Waals surface area contributed by atoms with Gasteiger partial charge in [0.2, 0.25) is 0 Å². The number of benzene rings is 4. The van der Waals surface area contributed by atoms with E-state index in [2.05, 4.69) is 224 Å². The molecule has 1 aliphatic carbocycles. The second-order valence-corrected chi connectivity index (χ2v) is 30.2. The minimum absolute atomic E-state index is 0.0628. The van der Waals surface area contributed by atoms with Gasteiger partial charge in [0.1, 0.15) is 0 Å². The molecule has 0 bridgehead atoms. The average molecular weight is 831 g/mol. The van der Waals surface area contributed by atoms with Crippen molar-refractivity contribution in [2.75, 3.05) is 12.3 Å². The monoisotopic (exact) mass is 831 g/mol. The van der Waals surface area contributed by atoms with Crippen molar-refractivity contribution in [1.82, 2.24) is 0 Å². The van der Waals surface area contributed by atoms with Crippen LogP contribution in [0.15, 0.2) is 78.9 Å². The van der Waals surface area contributed by atoms with E-state index >= 15 is 0 Å². The van der Waals surface area contributed by atoms with Crippen LogP contribution >= 0.6 is 15.8 Å². The zero-order chi connectivity index (χ0) is 44.5. The van der Waals surface area contributed by atoms with Crippen LogP contribution < -0.4 is 21.2 Å². The Morgan fingerprint density at radius 3 is 0.797 bits per heavy atom. The van der Waals surface area contributed by atoms with Gasteiger partial charge in [-0.25, -0.2) is 0 Å². The van der Waals surface area contributed by atoms with E-state index in [1.165, 1.54) is 64.1 Å². The predicted octanol–water partition coefficient (Wildman–Crippen LogP) is 15.1. The molecule has 1 unspecified atom stereocenters. The van der Waals surface area contributed by atoms with Crippen molar-refractivity contribution in [3.8, 4) is 0 Å². The highest BCUT2D eigenvalue weighted by atomic mass is 31.1. The lowest BCUT2D eigenvalue weighted by Crippen LogP contribution is -2.29. The predicted molar refractivity (Wildman–Crippen MR) is 270 cm³/mol. The van der Waals surface area contributed by atoms with Gasteiger partial charge in [0, 0.05) is 0 Å². The van der Waals surface area contributed by atoms with Crippen molar-refractivity contribution in [3.05, 3.63) is 118 Å².